The lowest BCUT2D eigenvalue weighted by molar-refractivity contribution is -0.550. The number of hydrogen-bond acceptors (Lipinski definition) is 2. The van der Waals surface area contributed by atoms with E-state index in [1.807, 2.05) is 18.5 Å². The van der Waals surface area contributed by atoms with E-state index in [-0.39, 0.29) is 11.0 Å². The second kappa shape index (κ2) is 4.60. The molecule has 0 aliphatic carbocycles. The number of ether oxygens (including phenoxy) is 1. The third-order valence-electron chi connectivity index (χ3n) is 3.70. The van der Waals surface area contributed by atoms with Crippen LogP contribution in [-0.4, -0.2) is 21.3 Å². The summed E-state index contributed by atoms with van der Waals surface area (Å²) in [5.74, 6) is -0.280. The van der Waals surface area contributed by atoms with E-state index < -0.39 is 8.24 Å². The molecule has 1 aromatic rings. The zero-order chi connectivity index (χ0) is 13.3. The van der Waals surface area contributed by atoms with Crippen LogP contribution in [0.3, 0.4) is 0 Å². The number of esters is 1. The van der Waals surface area contributed by atoms with Crippen molar-refractivity contribution in [2.75, 3.05) is 7.11 Å². The minimum absolute atomic E-state index is 0.229. The largest absolute Gasteiger partial charge is 0.465 e. The van der Waals surface area contributed by atoms with Crippen LogP contribution in [0, 0.1) is 0 Å². The Morgan fingerprint density at radius 1 is 1.35 bits per heavy atom. The molecule has 0 spiro atoms. The second-order valence-corrected chi connectivity index (χ2v) is 10.9. The van der Waals surface area contributed by atoms with Gasteiger partial charge in [0, 0.05) is 11.1 Å². The molecule has 0 unspecified atom stereocenters. The number of aromatic nitrogens is 1. The van der Waals surface area contributed by atoms with Crippen molar-refractivity contribution in [3.63, 3.8) is 0 Å². The van der Waals surface area contributed by atoms with E-state index in [1.165, 1.54) is 7.11 Å². The average Bonchev–Trinajstić information content (AvgIpc) is 2.26. The summed E-state index contributed by atoms with van der Waals surface area (Å²) in [5.41, 5.74) is 0.611. The summed E-state index contributed by atoms with van der Waals surface area (Å²) < 4.78 is 6.96. The quantitative estimate of drug-likeness (QED) is 0.598. The van der Waals surface area contributed by atoms with Gasteiger partial charge >= 0.3 is 14.2 Å². The maximum atomic E-state index is 11.5. The van der Waals surface area contributed by atoms with Crippen LogP contribution in [-0.2, 0) is 4.74 Å². The Balaban J connectivity index is 3.21. The minimum Gasteiger partial charge on any atom is -0.465 e. The van der Waals surface area contributed by atoms with Crippen molar-refractivity contribution in [2.45, 2.75) is 38.9 Å². The highest BCUT2D eigenvalue weighted by molar-refractivity contribution is 6.71. The molecule has 0 aromatic carbocycles. The predicted octanol–water partition coefficient (Wildman–Crippen LogP) is 2.61. The molecule has 0 saturated carbocycles. The minimum atomic E-state index is -1.66. The van der Waals surface area contributed by atoms with E-state index in [2.05, 4.69) is 38.1 Å². The average molecular weight is 252 g/mol. The molecule has 0 aliphatic rings. The Morgan fingerprint density at radius 2 is 1.94 bits per heavy atom. The number of pyridine rings is 1. The zero-order valence-electron chi connectivity index (χ0n) is 11.6. The molecule has 0 fully saturated rings. The Bertz CT molecular complexity index is 422. The number of carbonyl (C=O) groups is 1. The molecule has 0 amide bonds. The summed E-state index contributed by atoms with van der Waals surface area (Å²) in [5, 5.41) is 0.229. The van der Waals surface area contributed by atoms with Crippen molar-refractivity contribution in [1.29, 1.82) is 0 Å². The molecule has 0 atom stereocenters. The Kier molecular flexibility index (Phi) is 3.77. The molecule has 0 N–H and O–H groups in total. The van der Waals surface area contributed by atoms with Gasteiger partial charge in [0.15, 0.2) is 6.20 Å². The van der Waals surface area contributed by atoms with Crippen molar-refractivity contribution < 1.29 is 13.8 Å². The molecule has 1 rings (SSSR count). The normalized spacial score (nSPS) is 12.4. The van der Waals surface area contributed by atoms with E-state index in [0.717, 1.165) is 0 Å². The maximum Gasteiger partial charge on any atom is 0.362 e. The van der Waals surface area contributed by atoms with Gasteiger partial charge in [-0.25, -0.2) is 4.79 Å². The molecular weight excluding hydrogens is 230 g/mol. The highest BCUT2D eigenvalue weighted by Crippen LogP contribution is 2.33. The molecule has 1 heterocycles. The highest BCUT2D eigenvalue weighted by atomic mass is 28.3. The van der Waals surface area contributed by atoms with Gasteiger partial charge in [-0.2, -0.15) is 0 Å². The smallest absolute Gasteiger partial charge is 0.362 e. The van der Waals surface area contributed by atoms with Crippen LogP contribution in [0.5, 0.6) is 0 Å². The molecule has 0 aliphatic heterocycles. The van der Waals surface area contributed by atoms with Gasteiger partial charge in [0.2, 0.25) is 0 Å². The standard InChI is InChI=1S/C13H22NO2Si/c1-13(2,3)17(5,6)14-9-7-8-11(10-14)12(15)16-4/h7-10H,1-6H3/q+1. The topological polar surface area (TPSA) is 30.2 Å². The lowest BCUT2D eigenvalue weighted by Crippen LogP contribution is -2.65. The SMILES string of the molecule is COC(=O)c1ccc[n+]([Si](C)(C)C(C)(C)C)c1. The van der Waals surface area contributed by atoms with Crippen molar-refractivity contribution in [1.82, 2.24) is 0 Å². The van der Waals surface area contributed by atoms with E-state index in [1.54, 1.807) is 6.07 Å². The van der Waals surface area contributed by atoms with Crippen molar-refractivity contribution in [2.24, 2.45) is 0 Å². The Labute approximate surface area is 105 Å². The van der Waals surface area contributed by atoms with E-state index in [9.17, 15) is 4.79 Å². The molecule has 0 saturated heterocycles. The van der Waals surface area contributed by atoms with Gasteiger partial charge in [-0.15, -0.1) is 0 Å². The number of rotatable bonds is 2. The van der Waals surface area contributed by atoms with Crippen molar-refractivity contribution in [3.8, 4) is 0 Å². The Morgan fingerprint density at radius 3 is 2.41 bits per heavy atom. The zero-order valence-corrected chi connectivity index (χ0v) is 12.6. The fraction of sp³-hybridized carbons (Fsp3) is 0.538. The molecule has 3 nitrogen and oxygen atoms in total. The highest BCUT2D eigenvalue weighted by Gasteiger charge is 2.47. The first kappa shape index (κ1) is 13.9. The van der Waals surface area contributed by atoms with Crippen molar-refractivity contribution >= 4 is 14.2 Å². The van der Waals surface area contributed by atoms with Crippen LogP contribution in [0.4, 0.5) is 0 Å². The molecule has 0 bridgehead atoms. The van der Waals surface area contributed by atoms with Crippen LogP contribution in [0.2, 0.25) is 18.1 Å². The fourth-order valence-electron chi connectivity index (χ4n) is 1.45. The first-order valence-electron chi connectivity index (χ1n) is 5.80. The molecule has 94 valence electrons. The van der Waals surface area contributed by atoms with E-state index in [0.29, 0.717) is 5.56 Å². The fourth-order valence-corrected chi connectivity index (χ4v) is 3.14. The Hall–Kier alpha value is -1.16. The van der Waals surface area contributed by atoms with Gasteiger partial charge in [0.05, 0.1) is 7.11 Å². The summed E-state index contributed by atoms with van der Waals surface area (Å²) in [6, 6.07) is 3.70. The van der Waals surface area contributed by atoms with E-state index in [4.69, 9.17) is 4.74 Å². The van der Waals surface area contributed by atoms with Gasteiger partial charge in [-0.3, -0.25) is 4.23 Å². The van der Waals surface area contributed by atoms with Crippen LogP contribution in [0.25, 0.3) is 0 Å². The van der Waals surface area contributed by atoms with Crippen LogP contribution in [0.15, 0.2) is 24.5 Å². The third-order valence-corrected chi connectivity index (χ3v) is 8.94. The third kappa shape index (κ3) is 2.75. The summed E-state index contributed by atoms with van der Waals surface area (Å²) in [6.45, 7) is 11.3. The molecule has 0 radical (unpaired) electrons. The molecular formula is C13H22NO2Si+. The van der Waals surface area contributed by atoms with Gasteiger partial charge in [0.25, 0.3) is 0 Å². The van der Waals surface area contributed by atoms with Crippen molar-refractivity contribution in [3.05, 3.63) is 30.1 Å². The summed E-state index contributed by atoms with van der Waals surface area (Å²) in [4.78, 5) is 11.5. The van der Waals surface area contributed by atoms with Crippen LogP contribution < -0.4 is 4.23 Å². The molecule has 1 aromatic heterocycles. The predicted molar refractivity (Wildman–Crippen MR) is 70.6 cm³/mol. The summed E-state index contributed by atoms with van der Waals surface area (Å²) >= 11 is 0. The second-order valence-electron chi connectivity index (χ2n) is 5.80. The lowest BCUT2D eigenvalue weighted by atomic mass is 10.2. The number of hydrogen-bond donors (Lipinski definition) is 0. The first-order chi connectivity index (χ1) is 7.70. The molecule has 17 heavy (non-hydrogen) atoms. The lowest BCUT2D eigenvalue weighted by Gasteiger charge is -2.29. The summed E-state index contributed by atoms with van der Waals surface area (Å²) in [6.07, 6.45) is 3.95. The summed E-state index contributed by atoms with van der Waals surface area (Å²) in [7, 11) is -0.253. The number of methoxy groups -OCH3 is 1. The van der Waals surface area contributed by atoms with Gasteiger partial charge in [-0.05, 0) is 19.2 Å². The number of nitrogens with zero attached hydrogens (tertiary/aromatic N) is 1. The van der Waals surface area contributed by atoms with Crippen LogP contribution >= 0.6 is 0 Å². The number of carbonyl (C=O) groups excluding carboxylic acids is 1. The first-order valence-corrected chi connectivity index (χ1v) is 8.75. The monoisotopic (exact) mass is 252 g/mol. The van der Waals surface area contributed by atoms with Gasteiger partial charge in [-0.1, -0.05) is 20.8 Å². The van der Waals surface area contributed by atoms with Gasteiger partial charge in [0.1, 0.15) is 11.8 Å². The molecule has 4 heteroatoms. The van der Waals surface area contributed by atoms with Crippen LogP contribution in [0.1, 0.15) is 31.1 Å². The van der Waals surface area contributed by atoms with E-state index >= 15 is 0 Å². The maximum absolute atomic E-state index is 11.5. The van der Waals surface area contributed by atoms with Gasteiger partial charge < -0.3 is 4.74 Å².